The fourth-order valence-electron chi connectivity index (χ4n) is 2.35. The Kier molecular flexibility index (Phi) is 4.77. The second-order valence-corrected chi connectivity index (χ2v) is 10.4. The first-order chi connectivity index (χ1) is 10.0. The molecule has 0 aliphatic rings. The molecule has 2 rings (SSSR count). The third-order valence-corrected chi connectivity index (χ3v) is 6.72. The molecule has 0 saturated carbocycles. The van der Waals surface area contributed by atoms with Gasteiger partial charge in [0.05, 0.1) is 13.6 Å². The highest BCUT2D eigenvalue weighted by Crippen LogP contribution is 2.13. The van der Waals surface area contributed by atoms with E-state index in [1.807, 2.05) is 24.3 Å². The highest BCUT2D eigenvalue weighted by Gasteiger charge is 2.23. The third kappa shape index (κ3) is 3.71. The van der Waals surface area contributed by atoms with Crippen LogP contribution in [0.3, 0.4) is 0 Å². The molecule has 0 radical (unpaired) electrons. The molecule has 0 N–H and O–H groups in total. The van der Waals surface area contributed by atoms with Crippen LogP contribution in [0, 0.1) is 17.7 Å². The molecule has 0 amide bonds. The Bertz CT molecular complexity index is 705. The second kappa shape index (κ2) is 6.56. The van der Waals surface area contributed by atoms with Gasteiger partial charge in [0.25, 0.3) is 0 Å². The number of halogens is 1. The van der Waals surface area contributed by atoms with Gasteiger partial charge >= 0.3 is 0 Å². The largest absolute Gasteiger partial charge is 0.206 e. The van der Waals surface area contributed by atoms with Crippen molar-refractivity contribution in [3.8, 4) is 11.8 Å². The fourth-order valence-corrected chi connectivity index (χ4v) is 4.71. The summed E-state index contributed by atoms with van der Waals surface area (Å²) in [7, 11) is -1.59. The van der Waals surface area contributed by atoms with Crippen molar-refractivity contribution in [2.45, 2.75) is 19.1 Å². The van der Waals surface area contributed by atoms with E-state index in [9.17, 15) is 4.39 Å². The van der Waals surface area contributed by atoms with Crippen LogP contribution < -0.4 is 5.19 Å². The molecular weight excluding hydrogens is 275 g/mol. The minimum atomic E-state index is -1.59. The van der Waals surface area contributed by atoms with Crippen LogP contribution in [0.2, 0.25) is 19.1 Å². The molecule has 0 aliphatic carbocycles. The van der Waals surface area contributed by atoms with Gasteiger partial charge in [-0.1, -0.05) is 61.3 Å². The monoisotopic (exact) mass is 294 g/mol. The van der Waals surface area contributed by atoms with E-state index in [2.05, 4.69) is 37.6 Å². The first kappa shape index (κ1) is 15.3. The van der Waals surface area contributed by atoms with Crippen molar-refractivity contribution in [3.05, 3.63) is 78.1 Å². The zero-order valence-corrected chi connectivity index (χ0v) is 13.5. The van der Waals surface area contributed by atoms with Crippen molar-refractivity contribution in [1.82, 2.24) is 0 Å². The summed E-state index contributed by atoms with van der Waals surface area (Å²) in [5.41, 5.74) is 1.44. The van der Waals surface area contributed by atoms with E-state index in [0.29, 0.717) is 5.56 Å². The maximum absolute atomic E-state index is 13.6. The first-order valence-electron chi connectivity index (χ1n) is 7.01. The average Bonchev–Trinajstić information content (AvgIpc) is 2.47. The molecule has 2 heteroatoms. The minimum Gasteiger partial charge on any atom is -0.206 e. The van der Waals surface area contributed by atoms with Crippen LogP contribution in [-0.2, 0) is 0 Å². The second-order valence-electron chi connectivity index (χ2n) is 5.65. The van der Waals surface area contributed by atoms with E-state index < -0.39 is 8.07 Å². The molecule has 2 aromatic rings. The predicted octanol–water partition coefficient (Wildman–Crippen LogP) is 4.33. The van der Waals surface area contributed by atoms with E-state index in [4.69, 9.17) is 0 Å². The highest BCUT2D eigenvalue weighted by atomic mass is 28.3. The lowest BCUT2D eigenvalue weighted by Gasteiger charge is -2.22. The maximum Gasteiger partial charge on any atom is 0.138 e. The number of hydrogen-bond acceptors (Lipinski definition) is 0. The zero-order valence-electron chi connectivity index (χ0n) is 12.5. The number of hydrogen-bond donors (Lipinski definition) is 0. The van der Waals surface area contributed by atoms with E-state index in [1.165, 1.54) is 11.3 Å². The van der Waals surface area contributed by atoms with Gasteiger partial charge in [0.1, 0.15) is 5.82 Å². The minimum absolute atomic E-state index is 0.273. The predicted molar refractivity (Wildman–Crippen MR) is 90.9 cm³/mol. The van der Waals surface area contributed by atoms with Crippen molar-refractivity contribution in [2.75, 3.05) is 0 Å². The van der Waals surface area contributed by atoms with Crippen LogP contribution in [0.4, 0.5) is 4.39 Å². The molecule has 0 nitrogen and oxygen atoms in total. The van der Waals surface area contributed by atoms with Gasteiger partial charge in [0.15, 0.2) is 0 Å². The van der Waals surface area contributed by atoms with Gasteiger partial charge < -0.3 is 0 Å². The standard InChI is InChI=1S/C19H19FSi/c1-4-15-21(2,3)19-12-8-6-10-17(19)14-13-16-9-5-7-11-18(16)20/h4-12H,1,15H2,2-3H3. The normalized spacial score (nSPS) is 10.6. The zero-order chi connectivity index (χ0) is 15.3. The number of rotatable bonds is 3. The quantitative estimate of drug-likeness (QED) is 0.449. The van der Waals surface area contributed by atoms with Gasteiger partial charge in [-0.25, -0.2) is 4.39 Å². The van der Waals surface area contributed by atoms with Crippen LogP contribution in [-0.4, -0.2) is 8.07 Å². The Hall–Kier alpha value is -2.11. The van der Waals surface area contributed by atoms with Crippen LogP contribution in [0.15, 0.2) is 61.2 Å². The van der Waals surface area contributed by atoms with Gasteiger partial charge in [-0.15, -0.1) is 6.58 Å². The molecule has 0 spiro atoms. The summed E-state index contributed by atoms with van der Waals surface area (Å²) in [5.74, 6) is 5.83. The number of benzene rings is 2. The van der Waals surface area contributed by atoms with Crippen molar-refractivity contribution in [3.63, 3.8) is 0 Å². The van der Waals surface area contributed by atoms with Crippen LogP contribution in [0.5, 0.6) is 0 Å². The molecule has 106 valence electrons. The Morgan fingerprint density at radius 3 is 2.24 bits per heavy atom. The Balaban J connectivity index is 2.43. The summed E-state index contributed by atoms with van der Waals surface area (Å²) in [4.78, 5) is 0. The van der Waals surface area contributed by atoms with Crippen LogP contribution in [0.1, 0.15) is 11.1 Å². The van der Waals surface area contributed by atoms with Crippen molar-refractivity contribution in [1.29, 1.82) is 0 Å². The molecule has 0 bridgehead atoms. The van der Waals surface area contributed by atoms with Crippen molar-refractivity contribution >= 4 is 13.3 Å². The summed E-state index contributed by atoms with van der Waals surface area (Å²) in [5, 5.41) is 1.30. The lowest BCUT2D eigenvalue weighted by atomic mass is 10.2. The molecule has 21 heavy (non-hydrogen) atoms. The highest BCUT2D eigenvalue weighted by molar-refractivity contribution is 6.90. The topological polar surface area (TPSA) is 0 Å². The third-order valence-electron chi connectivity index (χ3n) is 3.52. The van der Waals surface area contributed by atoms with Crippen molar-refractivity contribution in [2.24, 2.45) is 0 Å². The van der Waals surface area contributed by atoms with E-state index in [0.717, 1.165) is 11.6 Å². The van der Waals surface area contributed by atoms with Gasteiger partial charge in [-0.05, 0) is 29.4 Å². The molecule has 0 saturated heterocycles. The summed E-state index contributed by atoms with van der Waals surface area (Å²) < 4.78 is 13.6. The summed E-state index contributed by atoms with van der Waals surface area (Å²) in [6, 6.07) is 15.8. The Labute approximate surface area is 127 Å². The molecular formula is C19H19FSi. The molecule has 0 atom stereocenters. The van der Waals surface area contributed by atoms with Crippen LogP contribution in [0.25, 0.3) is 0 Å². The first-order valence-corrected chi connectivity index (χ1v) is 10.2. The molecule has 0 unspecified atom stereocenters. The van der Waals surface area contributed by atoms with E-state index >= 15 is 0 Å². The molecule has 0 aliphatic heterocycles. The summed E-state index contributed by atoms with van der Waals surface area (Å²) >= 11 is 0. The molecule has 0 aromatic heterocycles. The summed E-state index contributed by atoms with van der Waals surface area (Å²) in [6.07, 6.45) is 1.98. The lowest BCUT2D eigenvalue weighted by molar-refractivity contribution is 0.624. The van der Waals surface area contributed by atoms with Gasteiger partial charge in [-0.3, -0.25) is 0 Å². The molecule has 0 heterocycles. The van der Waals surface area contributed by atoms with Gasteiger partial charge in [-0.2, -0.15) is 0 Å². The van der Waals surface area contributed by atoms with Gasteiger partial charge in [0, 0.05) is 5.56 Å². The Morgan fingerprint density at radius 2 is 1.57 bits per heavy atom. The SMILES string of the molecule is C=CC[Si](C)(C)c1ccccc1C#Cc1ccccc1F. The van der Waals surface area contributed by atoms with Crippen LogP contribution >= 0.6 is 0 Å². The maximum atomic E-state index is 13.6. The molecule has 2 aromatic carbocycles. The molecule has 0 fully saturated rings. The number of allylic oxidation sites excluding steroid dienone is 1. The lowest BCUT2D eigenvalue weighted by Crippen LogP contribution is -2.42. The summed E-state index contributed by atoms with van der Waals surface area (Å²) in [6.45, 7) is 8.46. The van der Waals surface area contributed by atoms with E-state index in [-0.39, 0.29) is 5.82 Å². The van der Waals surface area contributed by atoms with E-state index in [1.54, 1.807) is 18.2 Å². The van der Waals surface area contributed by atoms with Crippen molar-refractivity contribution < 1.29 is 4.39 Å². The smallest absolute Gasteiger partial charge is 0.138 e. The van der Waals surface area contributed by atoms with Gasteiger partial charge in [0.2, 0.25) is 0 Å². The fraction of sp³-hybridized carbons (Fsp3) is 0.158. The Morgan fingerprint density at radius 1 is 1.00 bits per heavy atom. The average molecular weight is 294 g/mol.